The predicted molar refractivity (Wildman–Crippen MR) is 68.6 cm³/mol. The highest BCUT2D eigenvalue weighted by molar-refractivity contribution is 9.10. The van der Waals surface area contributed by atoms with Gasteiger partial charge in [-0.2, -0.15) is 0 Å². The van der Waals surface area contributed by atoms with E-state index in [-0.39, 0.29) is 12.6 Å². The van der Waals surface area contributed by atoms with Gasteiger partial charge in [0.2, 0.25) is 5.91 Å². The van der Waals surface area contributed by atoms with Crippen molar-refractivity contribution >= 4 is 39.3 Å². The summed E-state index contributed by atoms with van der Waals surface area (Å²) < 4.78 is 0.795. The van der Waals surface area contributed by atoms with E-state index >= 15 is 0 Å². The molecule has 88 valence electrons. The van der Waals surface area contributed by atoms with Gasteiger partial charge < -0.3 is 10.6 Å². The maximum absolute atomic E-state index is 11.0. The lowest BCUT2D eigenvalue weighted by atomic mass is 10.3. The van der Waals surface area contributed by atoms with Gasteiger partial charge in [0.15, 0.2) is 0 Å². The number of nitrogens with two attached hydrogens (primary N) is 1. The van der Waals surface area contributed by atoms with Gasteiger partial charge in [0.25, 0.3) is 0 Å². The molecule has 1 aromatic heterocycles. The fourth-order valence-corrected chi connectivity index (χ4v) is 2.03. The van der Waals surface area contributed by atoms with Crippen molar-refractivity contribution in [3.8, 4) is 0 Å². The molecule has 1 rings (SSSR count). The second-order valence-corrected chi connectivity index (χ2v) is 4.97. The molecule has 0 aliphatic rings. The van der Waals surface area contributed by atoms with E-state index < -0.39 is 5.91 Å². The Balaban J connectivity index is 3.05. The van der Waals surface area contributed by atoms with E-state index in [1.807, 2.05) is 13.8 Å². The van der Waals surface area contributed by atoms with Crippen LogP contribution in [0.1, 0.15) is 13.8 Å². The first kappa shape index (κ1) is 13.3. The number of hydrogen-bond acceptors (Lipinski definition) is 3. The van der Waals surface area contributed by atoms with Gasteiger partial charge in [0.05, 0.1) is 11.6 Å². The van der Waals surface area contributed by atoms with Crippen molar-refractivity contribution in [1.82, 2.24) is 4.98 Å². The molecule has 4 nitrogen and oxygen atoms in total. The molecule has 0 saturated carbocycles. The van der Waals surface area contributed by atoms with Gasteiger partial charge in [-0.1, -0.05) is 11.6 Å². The van der Waals surface area contributed by atoms with Crippen LogP contribution in [0.4, 0.5) is 5.82 Å². The number of amides is 1. The van der Waals surface area contributed by atoms with E-state index in [4.69, 9.17) is 17.3 Å². The molecule has 0 aromatic carbocycles. The van der Waals surface area contributed by atoms with Crippen LogP contribution in [-0.4, -0.2) is 23.5 Å². The first-order valence-electron chi connectivity index (χ1n) is 4.77. The van der Waals surface area contributed by atoms with Crippen molar-refractivity contribution in [2.45, 2.75) is 19.9 Å². The summed E-state index contributed by atoms with van der Waals surface area (Å²) in [5, 5.41) is 0.490. The summed E-state index contributed by atoms with van der Waals surface area (Å²) in [6, 6.07) is 1.83. The summed E-state index contributed by atoms with van der Waals surface area (Å²) in [7, 11) is 0. The Labute approximate surface area is 108 Å². The minimum Gasteiger partial charge on any atom is -0.368 e. The van der Waals surface area contributed by atoms with Crippen molar-refractivity contribution < 1.29 is 4.79 Å². The lowest BCUT2D eigenvalue weighted by Crippen LogP contribution is -2.39. The van der Waals surface area contributed by atoms with Crippen molar-refractivity contribution in [3.63, 3.8) is 0 Å². The van der Waals surface area contributed by atoms with Crippen LogP contribution in [-0.2, 0) is 4.79 Å². The third-order valence-corrected chi connectivity index (χ3v) is 2.72. The number of pyridine rings is 1. The van der Waals surface area contributed by atoms with Gasteiger partial charge in [-0.3, -0.25) is 4.79 Å². The Hall–Kier alpha value is -0.810. The predicted octanol–water partition coefficient (Wildman–Crippen LogP) is 2.20. The van der Waals surface area contributed by atoms with Crippen molar-refractivity contribution in [1.29, 1.82) is 0 Å². The molecule has 0 unspecified atom stereocenters. The van der Waals surface area contributed by atoms with E-state index in [9.17, 15) is 4.79 Å². The van der Waals surface area contributed by atoms with Crippen LogP contribution in [0.2, 0.25) is 5.02 Å². The van der Waals surface area contributed by atoms with Gasteiger partial charge in [0.1, 0.15) is 5.82 Å². The number of nitrogens with zero attached hydrogens (tertiary/aromatic N) is 2. The lowest BCUT2D eigenvalue weighted by molar-refractivity contribution is -0.116. The topological polar surface area (TPSA) is 59.2 Å². The van der Waals surface area contributed by atoms with Gasteiger partial charge in [-0.25, -0.2) is 4.98 Å². The van der Waals surface area contributed by atoms with E-state index in [2.05, 4.69) is 20.9 Å². The zero-order valence-corrected chi connectivity index (χ0v) is 11.4. The quantitative estimate of drug-likeness (QED) is 0.927. The summed E-state index contributed by atoms with van der Waals surface area (Å²) >= 11 is 9.34. The average Bonchev–Trinajstić information content (AvgIpc) is 2.14. The molecular formula is C10H13BrClN3O. The number of anilines is 1. The highest BCUT2D eigenvalue weighted by atomic mass is 79.9. The van der Waals surface area contributed by atoms with Crippen LogP contribution in [0, 0.1) is 0 Å². The standard InChI is InChI=1S/C10H13BrClN3O/c1-6(2)15(5-9(13)16)10-8(12)3-7(11)4-14-10/h3-4,6H,5H2,1-2H3,(H2,13,16). The monoisotopic (exact) mass is 305 g/mol. The fourth-order valence-electron chi connectivity index (χ4n) is 1.29. The number of carbonyl (C=O) groups is 1. The van der Waals surface area contributed by atoms with Crippen molar-refractivity contribution in [3.05, 3.63) is 21.8 Å². The molecule has 1 amide bonds. The molecule has 0 saturated heterocycles. The number of carbonyl (C=O) groups excluding carboxylic acids is 1. The summed E-state index contributed by atoms with van der Waals surface area (Å²) in [5.74, 6) is 0.160. The normalized spacial score (nSPS) is 10.6. The van der Waals surface area contributed by atoms with Crippen LogP contribution in [0.3, 0.4) is 0 Å². The molecule has 0 spiro atoms. The minimum absolute atomic E-state index is 0.0960. The second-order valence-electron chi connectivity index (χ2n) is 3.65. The van der Waals surface area contributed by atoms with Crippen LogP contribution < -0.4 is 10.6 Å². The van der Waals surface area contributed by atoms with Gasteiger partial charge in [0, 0.05) is 16.7 Å². The third-order valence-electron chi connectivity index (χ3n) is 2.01. The van der Waals surface area contributed by atoms with Gasteiger partial charge >= 0.3 is 0 Å². The van der Waals surface area contributed by atoms with Crippen LogP contribution in [0.5, 0.6) is 0 Å². The minimum atomic E-state index is -0.408. The van der Waals surface area contributed by atoms with Crippen LogP contribution >= 0.6 is 27.5 Å². The molecule has 0 aliphatic carbocycles. The number of hydrogen-bond donors (Lipinski definition) is 1. The molecular weight excluding hydrogens is 293 g/mol. The first-order valence-corrected chi connectivity index (χ1v) is 5.95. The number of halogens is 2. The molecule has 1 aromatic rings. The van der Waals surface area contributed by atoms with Crippen LogP contribution in [0.15, 0.2) is 16.7 Å². The van der Waals surface area contributed by atoms with Crippen molar-refractivity contribution in [2.75, 3.05) is 11.4 Å². The summed E-state index contributed by atoms with van der Waals surface area (Å²) in [6.07, 6.45) is 1.64. The molecule has 0 atom stereocenters. The maximum Gasteiger partial charge on any atom is 0.237 e. The van der Waals surface area contributed by atoms with E-state index in [0.717, 1.165) is 4.47 Å². The average molecular weight is 307 g/mol. The van der Waals surface area contributed by atoms with E-state index in [1.54, 1.807) is 17.2 Å². The molecule has 6 heteroatoms. The fraction of sp³-hybridized carbons (Fsp3) is 0.400. The molecule has 16 heavy (non-hydrogen) atoms. The molecule has 0 radical (unpaired) electrons. The largest absolute Gasteiger partial charge is 0.368 e. The van der Waals surface area contributed by atoms with Crippen molar-refractivity contribution in [2.24, 2.45) is 5.73 Å². The molecule has 0 bridgehead atoms. The summed E-state index contributed by atoms with van der Waals surface area (Å²) in [5.41, 5.74) is 5.19. The zero-order valence-electron chi connectivity index (χ0n) is 9.08. The van der Waals surface area contributed by atoms with Gasteiger partial charge in [-0.05, 0) is 35.8 Å². The van der Waals surface area contributed by atoms with E-state index in [0.29, 0.717) is 10.8 Å². The Morgan fingerprint density at radius 3 is 2.75 bits per heavy atom. The third kappa shape index (κ3) is 3.35. The Morgan fingerprint density at radius 2 is 2.31 bits per heavy atom. The number of rotatable bonds is 4. The zero-order chi connectivity index (χ0) is 12.3. The highest BCUT2D eigenvalue weighted by Crippen LogP contribution is 2.27. The van der Waals surface area contributed by atoms with Crippen LogP contribution in [0.25, 0.3) is 0 Å². The smallest absolute Gasteiger partial charge is 0.237 e. The Morgan fingerprint density at radius 1 is 1.69 bits per heavy atom. The highest BCUT2D eigenvalue weighted by Gasteiger charge is 2.17. The number of primary amides is 1. The lowest BCUT2D eigenvalue weighted by Gasteiger charge is -2.27. The molecule has 2 N–H and O–H groups in total. The molecule has 1 heterocycles. The summed E-state index contributed by atoms with van der Waals surface area (Å²) in [6.45, 7) is 4.00. The first-order chi connectivity index (χ1) is 7.41. The second kappa shape index (κ2) is 5.50. The molecule has 0 aliphatic heterocycles. The SMILES string of the molecule is CC(C)N(CC(N)=O)c1ncc(Br)cc1Cl. The van der Waals surface area contributed by atoms with Gasteiger partial charge in [-0.15, -0.1) is 0 Å². The maximum atomic E-state index is 11.0. The Kier molecular flexibility index (Phi) is 4.56. The number of aromatic nitrogens is 1. The molecule has 0 fully saturated rings. The van der Waals surface area contributed by atoms with E-state index in [1.165, 1.54) is 0 Å². The summed E-state index contributed by atoms with van der Waals surface area (Å²) in [4.78, 5) is 16.9. The Bertz CT molecular complexity index is 398.